The second-order valence-corrected chi connectivity index (χ2v) is 5.41. The second-order valence-electron chi connectivity index (χ2n) is 4.35. The molecule has 0 aliphatic carbocycles. The number of thioether (sulfide) groups is 1. The lowest BCUT2D eigenvalue weighted by Crippen LogP contribution is -2.37. The van der Waals surface area contributed by atoms with Crippen LogP contribution in [-0.4, -0.2) is 39.3 Å². The summed E-state index contributed by atoms with van der Waals surface area (Å²) in [4.78, 5) is 22.4. The number of nitrogens with one attached hydrogen (secondary N) is 2. The van der Waals surface area contributed by atoms with Crippen LogP contribution in [0.5, 0.6) is 0 Å². The highest BCUT2D eigenvalue weighted by atomic mass is 32.2. The summed E-state index contributed by atoms with van der Waals surface area (Å²) in [5.41, 5.74) is -0.542. The second kappa shape index (κ2) is 6.86. The minimum Gasteiger partial charge on any atom is -0.341 e. The number of alkyl halides is 3. The summed E-state index contributed by atoms with van der Waals surface area (Å²) in [5.74, 6) is -0.262. The molecule has 0 unspecified atom stereocenters. The number of pyridine rings is 1. The average molecular weight is 347 g/mol. The lowest BCUT2D eigenvalue weighted by atomic mass is 10.3. The monoisotopic (exact) mass is 347 g/mol. The van der Waals surface area contributed by atoms with Gasteiger partial charge in [0.05, 0.1) is 5.56 Å². The van der Waals surface area contributed by atoms with Crippen molar-refractivity contribution in [2.45, 2.75) is 17.8 Å². The van der Waals surface area contributed by atoms with Gasteiger partial charge in [-0.25, -0.2) is 4.79 Å². The smallest absolute Gasteiger partial charge is 0.341 e. The van der Waals surface area contributed by atoms with Gasteiger partial charge in [-0.2, -0.15) is 13.2 Å². The molecule has 0 spiro atoms. The van der Waals surface area contributed by atoms with Crippen LogP contribution in [0.25, 0.3) is 5.65 Å². The molecule has 0 aliphatic heterocycles. The maximum absolute atomic E-state index is 12.7. The van der Waals surface area contributed by atoms with Gasteiger partial charge in [0.2, 0.25) is 5.91 Å². The van der Waals surface area contributed by atoms with E-state index in [9.17, 15) is 22.8 Å². The minimum atomic E-state index is -4.46. The Kier molecular flexibility index (Phi) is 5.08. The molecule has 3 amide bonds. The Balaban J connectivity index is 2.03. The molecule has 23 heavy (non-hydrogen) atoms. The molecule has 0 bridgehead atoms. The van der Waals surface area contributed by atoms with E-state index in [1.54, 1.807) is 0 Å². The molecule has 0 saturated heterocycles. The van der Waals surface area contributed by atoms with Crippen LogP contribution in [0.1, 0.15) is 12.0 Å². The van der Waals surface area contributed by atoms with E-state index in [4.69, 9.17) is 0 Å². The van der Waals surface area contributed by atoms with Crippen molar-refractivity contribution in [2.24, 2.45) is 0 Å². The fourth-order valence-corrected chi connectivity index (χ4v) is 2.48. The van der Waals surface area contributed by atoms with Crippen molar-refractivity contribution in [2.75, 3.05) is 12.8 Å². The van der Waals surface area contributed by atoms with E-state index in [0.717, 1.165) is 24.0 Å². The molecule has 2 aromatic rings. The topological polar surface area (TPSA) is 88.4 Å². The number of rotatable bonds is 4. The third kappa shape index (κ3) is 4.34. The van der Waals surface area contributed by atoms with E-state index in [-0.39, 0.29) is 23.0 Å². The predicted octanol–water partition coefficient (Wildman–Crippen LogP) is 1.69. The summed E-state index contributed by atoms with van der Waals surface area (Å²) < 4.78 is 39.4. The Morgan fingerprint density at radius 2 is 2.04 bits per heavy atom. The number of amides is 3. The lowest BCUT2D eigenvalue weighted by molar-refractivity contribution is -0.137. The molecule has 7 nitrogen and oxygen atoms in total. The summed E-state index contributed by atoms with van der Waals surface area (Å²) in [5, 5.41) is 12.1. The van der Waals surface area contributed by atoms with Gasteiger partial charge in [0.15, 0.2) is 10.8 Å². The molecular weight excluding hydrogens is 335 g/mol. The summed E-state index contributed by atoms with van der Waals surface area (Å²) in [6.45, 7) is 0. The van der Waals surface area contributed by atoms with Crippen molar-refractivity contribution < 1.29 is 22.8 Å². The number of halogens is 3. The van der Waals surface area contributed by atoms with Crippen molar-refractivity contribution >= 4 is 29.3 Å². The lowest BCUT2D eigenvalue weighted by Gasteiger charge is -2.07. The van der Waals surface area contributed by atoms with Crippen LogP contribution in [0.3, 0.4) is 0 Å². The number of fused-ring (bicyclic) bond motifs is 1. The van der Waals surface area contributed by atoms with Crippen molar-refractivity contribution in [3.05, 3.63) is 23.9 Å². The highest BCUT2D eigenvalue weighted by Crippen LogP contribution is 2.30. The van der Waals surface area contributed by atoms with E-state index in [1.807, 2.05) is 0 Å². The summed E-state index contributed by atoms with van der Waals surface area (Å²) in [7, 11) is 1.37. The van der Waals surface area contributed by atoms with Crippen molar-refractivity contribution in [1.29, 1.82) is 0 Å². The molecule has 0 aromatic carbocycles. The number of carbonyl (C=O) groups is 2. The van der Waals surface area contributed by atoms with Crippen LogP contribution < -0.4 is 10.6 Å². The van der Waals surface area contributed by atoms with Crippen molar-refractivity contribution in [3.63, 3.8) is 0 Å². The van der Waals surface area contributed by atoms with E-state index in [0.29, 0.717) is 0 Å². The highest BCUT2D eigenvalue weighted by molar-refractivity contribution is 7.99. The third-order valence-corrected chi connectivity index (χ3v) is 3.68. The van der Waals surface area contributed by atoms with Gasteiger partial charge < -0.3 is 5.32 Å². The van der Waals surface area contributed by atoms with Gasteiger partial charge in [-0.15, -0.1) is 10.2 Å². The van der Waals surface area contributed by atoms with Crippen LogP contribution >= 0.6 is 11.8 Å². The van der Waals surface area contributed by atoms with Gasteiger partial charge in [0.1, 0.15) is 0 Å². The number of nitrogens with zero attached hydrogens (tertiary/aromatic N) is 3. The fourth-order valence-electron chi connectivity index (χ4n) is 1.62. The summed E-state index contributed by atoms with van der Waals surface area (Å²) in [6.07, 6.45) is -3.55. The van der Waals surface area contributed by atoms with E-state index < -0.39 is 23.7 Å². The van der Waals surface area contributed by atoms with Crippen LogP contribution in [0.4, 0.5) is 18.0 Å². The zero-order chi connectivity index (χ0) is 17.0. The predicted molar refractivity (Wildman–Crippen MR) is 75.9 cm³/mol. The number of hydrogen-bond donors (Lipinski definition) is 2. The Morgan fingerprint density at radius 1 is 1.30 bits per heavy atom. The number of aromatic nitrogens is 3. The Hall–Kier alpha value is -2.30. The van der Waals surface area contributed by atoms with Crippen molar-refractivity contribution in [3.8, 4) is 0 Å². The molecule has 0 radical (unpaired) electrons. The number of carbonyl (C=O) groups excluding carboxylic acids is 2. The minimum absolute atomic E-state index is 0.00591. The standard InChI is InChI=1S/C12H12F3N5O2S/c1-16-10(22)17-9(21)4-5-23-11-19-18-8-3-2-7(6-20(8)11)12(13,14)15/h2-3,6H,4-5H2,1H3,(H2,16,17,21,22). The zero-order valence-corrected chi connectivity index (χ0v) is 12.7. The first-order valence-corrected chi connectivity index (χ1v) is 7.36. The molecule has 0 saturated carbocycles. The Morgan fingerprint density at radius 3 is 2.70 bits per heavy atom. The first-order chi connectivity index (χ1) is 10.8. The maximum Gasteiger partial charge on any atom is 0.417 e. The molecule has 0 fully saturated rings. The normalized spacial score (nSPS) is 11.5. The number of imide groups is 1. The van der Waals surface area contributed by atoms with Crippen LogP contribution in [-0.2, 0) is 11.0 Å². The number of urea groups is 1. The quantitative estimate of drug-likeness (QED) is 0.822. The van der Waals surface area contributed by atoms with Gasteiger partial charge in [-0.3, -0.25) is 14.5 Å². The average Bonchev–Trinajstić information content (AvgIpc) is 2.88. The van der Waals surface area contributed by atoms with Crippen molar-refractivity contribution in [1.82, 2.24) is 25.2 Å². The van der Waals surface area contributed by atoms with E-state index in [1.165, 1.54) is 17.5 Å². The fraction of sp³-hybridized carbons (Fsp3) is 0.333. The first kappa shape index (κ1) is 17.1. The largest absolute Gasteiger partial charge is 0.417 e. The molecule has 2 aromatic heterocycles. The van der Waals surface area contributed by atoms with Crippen LogP contribution in [0, 0.1) is 0 Å². The zero-order valence-electron chi connectivity index (χ0n) is 11.8. The molecule has 124 valence electrons. The van der Waals surface area contributed by atoms with Crippen LogP contribution in [0.2, 0.25) is 0 Å². The molecular formula is C12H12F3N5O2S. The Labute approximate surface area is 132 Å². The van der Waals surface area contributed by atoms with Gasteiger partial charge in [-0.1, -0.05) is 11.8 Å². The first-order valence-electron chi connectivity index (χ1n) is 6.37. The molecule has 11 heteroatoms. The molecule has 2 rings (SSSR count). The van der Waals surface area contributed by atoms with Gasteiger partial charge in [0, 0.05) is 25.4 Å². The van der Waals surface area contributed by atoms with Gasteiger partial charge in [-0.05, 0) is 12.1 Å². The maximum atomic E-state index is 12.7. The Bertz CT molecular complexity index is 731. The van der Waals surface area contributed by atoms with Crippen LogP contribution in [0.15, 0.2) is 23.5 Å². The third-order valence-electron chi connectivity index (χ3n) is 2.74. The molecule has 2 heterocycles. The molecule has 2 N–H and O–H groups in total. The van der Waals surface area contributed by atoms with Gasteiger partial charge >= 0.3 is 12.2 Å². The SMILES string of the molecule is CNC(=O)NC(=O)CCSc1nnc2ccc(C(F)(F)F)cn12. The summed E-state index contributed by atoms with van der Waals surface area (Å²) in [6, 6.07) is 1.52. The summed E-state index contributed by atoms with van der Waals surface area (Å²) >= 11 is 1.07. The highest BCUT2D eigenvalue weighted by Gasteiger charge is 2.31. The van der Waals surface area contributed by atoms with Gasteiger partial charge in [0.25, 0.3) is 0 Å². The van der Waals surface area contributed by atoms with E-state index >= 15 is 0 Å². The van der Waals surface area contributed by atoms with E-state index in [2.05, 4.69) is 20.8 Å². The molecule has 0 aliphatic rings. The molecule has 0 atom stereocenters. The number of hydrogen-bond acceptors (Lipinski definition) is 5.